The zero-order valence-electron chi connectivity index (χ0n) is 18.9. The van der Waals surface area contributed by atoms with E-state index in [9.17, 15) is 4.79 Å². The first-order valence-electron chi connectivity index (χ1n) is 11.0. The van der Waals surface area contributed by atoms with Crippen LogP contribution in [0.2, 0.25) is 0 Å². The van der Waals surface area contributed by atoms with Gasteiger partial charge in [-0.25, -0.2) is 0 Å². The molecule has 0 saturated carbocycles. The number of benzene rings is 3. The average Bonchev–Trinajstić information content (AvgIpc) is 2.83. The Kier molecular flexibility index (Phi) is 8.48. The smallest absolute Gasteiger partial charge is 0.239 e. The Morgan fingerprint density at radius 3 is 2.50 bits per heavy atom. The van der Waals surface area contributed by atoms with Crippen LogP contribution in [0.3, 0.4) is 0 Å². The molecule has 0 fully saturated rings. The molecular formula is C26H33N3O3. The minimum atomic E-state index is -0.608. The van der Waals surface area contributed by atoms with Gasteiger partial charge in [0.25, 0.3) is 0 Å². The van der Waals surface area contributed by atoms with Crippen molar-refractivity contribution in [2.24, 2.45) is 11.5 Å². The molecule has 4 N–H and O–H groups in total. The molecule has 32 heavy (non-hydrogen) atoms. The van der Waals surface area contributed by atoms with Gasteiger partial charge in [-0.3, -0.25) is 4.79 Å². The summed E-state index contributed by atoms with van der Waals surface area (Å²) in [6.45, 7) is 0.903. The Labute approximate surface area is 190 Å². The number of nitrogens with zero attached hydrogens (tertiary/aromatic N) is 1. The van der Waals surface area contributed by atoms with Gasteiger partial charge >= 0.3 is 0 Å². The maximum absolute atomic E-state index is 13.0. The Morgan fingerprint density at radius 2 is 1.78 bits per heavy atom. The molecule has 170 valence electrons. The zero-order chi connectivity index (χ0) is 22.9. The number of rotatable bonds is 11. The van der Waals surface area contributed by atoms with Gasteiger partial charge in [-0.05, 0) is 42.8 Å². The van der Waals surface area contributed by atoms with Crippen molar-refractivity contribution in [1.82, 2.24) is 4.90 Å². The number of carbonyl (C=O) groups excluding carboxylic acids is 1. The van der Waals surface area contributed by atoms with Crippen LogP contribution in [0.5, 0.6) is 11.5 Å². The number of carbonyl (C=O) groups is 1. The lowest BCUT2D eigenvalue weighted by Crippen LogP contribution is -2.49. The van der Waals surface area contributed by atoms with Gasteiger partial charge in [-0.2, -0.15) is 0 Å². The number of fused-ring (bicyclic) bond motifs is 1. The van der Waals surface area contributed by atoms with E-state index in [-0.39, 0.29) is 11.9 Å². The maximum Gasteiger partial charge on any atom is 0.239 e. The normalized spacial score (nSPS) is 12.9. The molecule has 3 aromatic rings. The van der Waals surface area contributed by atoms with E-state index in [0.717, 1.165) is 34.9 Å². The summed E-state index contributed by atoms with van der Waals surface area (Å²) in [5, 5.41) is 2.07. The summed E-state index contributed by atoms with van der Waals surface area (Å²) >= 11 is 0. The highest BCUT2D eigenvalue weighted by molar-refractivity contribution is 5.89. The van der Waals surface area contributed by atoms with Crippen LogP contribution >= 0.6 is 0 Å². The van der Waals surface area contributed by atoms with Crippen LogP contribution < -0.4 is 20.9 Å². The molecule has 0 aliphatic rings. The van der Waals surface area contributed by atoms with E-state index in [1.54, 1.807) is 19.1 Å². The molecule has 0 heterocycles. The van der Waals surface area contributed by atoms with Crippen molar-refractivity contribution in [1.29, 1.82) is 0 Å². The molecule has 0 unspecified atom stereocenters. The van der Waals surface area contributed by atoms with E-state index in [0.29, 0.717) is 25.3 Å². The number of ether oxygens (including phenoxy) is 2. The topological polar surface area (TPSA) is 90.8 Å². The number of amides is 1. The second-order valence-corrected chi connectivity index (χ2v) is 7.99. The van der Waals surface area contributed by atoms with E-state index in [1.165, 1.54) is 0 Å². The van der Waals surface area contributed by atoms with E-state index < -0.39 is 6.04 Å². The summed E-state index contributed by atoms with van der Waals surface area (Å²) in [7, 11) is 3.44. The van der Waals surface area contributed by atoms with Crippen LogP contribution in [0.1, 0.15) is 18.4 Å². The van der Waals surface area contributed by atoms with Crippen molar-refractivity contribution >= 4 is 16.7 Å². The molecule has 6 nitrogen and oxygen atoms in total. The third-order valence-electron chi connectivity index (χ3n) is 5.71. The summed E-state index contributed by atoms with van der Waals surface area (Å²) in [6, 6.07) is 20.9. The fraction of sp³-hybridized carbons (Fsp3) is 0.346. The molecule has 0 aliphatic carbocycles. The lowest BCUT2D eigenvalue weighted by molar-refractivity contribution is -0.134. The molecule has 2 atom stereocenters. The molecule has 1 amide bonds. The van der Waals surface area contributed by atoms with Crippen LogP contribution in [-0.4, -0.2) is 50.2 Å². The predicted molar refractivity (Wildman–Crippen MR) is 129 cm³/mol. The van der Waals surface area contributed by atoms with Crippen LogP contribution in [0.15, 0.2) is 66.7 Å². The number of hydrogen-bond donors (Lipinski definition) is 2. The zero-order valence-corrected chi connectivity index (χ0v) is 18.9. The molecule has 0 aromatic heterocycles. The molecule has 3 aromatic carbocycles. The van der Waals surface area contributed by atoms with Crippen LogP contribution in [0.25, 0.3) is 10.8 Å². The fourth-order valence-electron chi connectivity index (χ4n) is 3.83. The van der Waals surface area contributed by atoms with Crippen molar-refractivity contribution in [3.05, 3.63) is 72.3 Å². The van der Waals surface area contributed by atoms with Crippen molar-refractivity contribution in [3.8, 4) is 11.5 Å². The lowest BCUT2D eigenvalue weighted by atomic mass is 10.0. The standard InChI is InChI=1S/C26H33N3O3/c1-29(26(30)24(28)15-19-9-4-3-5-10-19)21(12-8-14-27)18-32-22-16-20-11-6-7-13-23(20)25(17-22)31-2/h3-7,9-11,13,16-17,21,24H,8,12,14-15,18,27-28H2,1-2H3/t21-,24-/m0/s1. The van der Waals surface area contributed by atoms with Crippen LogP contribution in [-0.2, 0) is 11.2 Å². The van der Waals surface area contributed by atoms with Gasteiger partial charge in [0.1, 0.15) is 18.1 Å². The van der Waals surface area contributed by atoms with Gasteiger partial charge in [0.05, 0.1) is 19.2 Å². The number of nitrogens with two attached hydrogens (primary N) is 2. The van der Waals surface area contributed by atoms with E-state index in [2.05, 4.69) is 0 Å². The minimum absolute atomic E-state index is 0.101. The highest BCUT2D eigenvalue weighted by Gasteiger charge is 2.25. The van der Waals surface area contributed by atoms with Crippen LogP contribution in [0, 0.1) is 0 Å². The monoisotopic (exact) mass is 435 g/mol. The number of likely N-dealkylation sites (N-methyl/N-ethyl adjacent to an activating group) is 1. The summed E-state index contributed by atoms with van der Waals surface area (Å²) in [6.07, 6.45) is 2.03. The third-order valence-corrected chi connectivity index (χ3v) is 5.71. The van der Waals surface area contributed by atoms with Crippen molar-refractivity contribution in [3.63, 3.8) is 0 Å². The average molecular weight is 436 g/mol. The first-order chi connectivity index (χ1) is 15.5. The maximum atomic E-state index is 13.0. The molecule has 0 saturated heterocycles. The Morgan fingerprint density at radius 1 is 1.06 bits per heavy atom. The largest absolute Gasteiger partial charge is 0.496 e. The van der Waals surface area contributed by atoms with Gasteiger partial charge < -0.3 is 25.8 Å². The second-order valence-electron chi connectivity index (χ2n) is 7.99. The molecule has 0 bridgehead atoms. The van der Waals surface area contributed by atoms with Crippen molar-refractivity contribution in [2.75, 3.05) is 27.3 Å². The highest BCUT2D eigenvalue weighted by Crippen LogP contribution is 2.31. The van der Waals surface area contributed by atoms with Gasteiger partial charge in [0.15, 0.2) is 0 Å². The quantitative estimate of drug-likeness (QED) is 0.482. The Bertz CT molecular complexity index is 1010. The summed E-state index contributed by atoms with van der Waals surface area (Å²) in [5.41, 5.74) is 13.0. The lowest BCUT2D eigenvalue weighted by Gasteiger charge is -2.30. The molecule has 0 aliphatic heterocycles. The molecule has 0 radical (unpaired) electrons. The number of hydrogen-bond acceptors (Lipinski definition) is 5. The molecular weight excluding hydrogens is 402 g/mol. The third kappa shape index (κ3) is 5.99. The molecule has 3 rings (SSSR count). The summed E-state index contributed by atoms with van der Waals surface area (Å²) in [5.74, 6) is 1.36. The first-order valence-corrected chi connectivity index (χ1v) is 11.0. The van der Waals surface area contributed by atoms with Crippen molar-refractivity contribution < 1.29 is 14.3 Å². The second kappa shape index (κ2) is 11.5. The Hall–Kier alpha value is -3.09. The van der Waals surface area contributed by atoms with Crippen LogP contribution in [0.4, 0.5) is 0 Å². The molecule has 6 heteroatoms. The predicted octanol–water partition coefficient (Wildman–Crippen LogP) is 3.36. The molecule has 0 spiro atoms. The first kappa shape index (κ1) is 23.6. The minimum Gasteiger partial charge on any atom is -0.496 e. The summed E-state index contributed by atoms with van der Waals surface area (Å²) < 4.78 is 11.7. The van der Waals surface area contributed by atoms with E-state index in [4.69, 9.17) is 20.9 Å². The van der Waals surface area contributed by atoms with Gasteiger partial charge in [0, 0.05) is 18.5 Å². The SMILES string of the molecule is COc1cc(OC[C@H](CCCN)N(C)C(=O)[C@@H](N)Cc2ccccc2)cc2ccccc12. The van der Waals surface area contributed by atoms with E-state index in [1.807, 2.05) is 66.7 Å². The summed E-state index contributed by atoms with van der Waals surface area (Å²) in [4.78, 5) is 14.7. The van der Waals surface area contributed by atoms with E-state index >= 15 is 0 Å². The Balaban J connectivity index is 1.70. The van der Waals surface area contributed by atoms with Gasteiger partial charge in [0.2, 0.25) is 5.91 Å². The van der Waals surface area contributed by atoms with Gasteiger partial charge in [-0.15, -0.1) is 0 Å². The fourth-order valence-corrected chi connectivity index (χ4v) is 3.83. The number of methoxy groups -OCH3 is 1. The van der Waals surface area contributed by atoms with Crippen molar-refractivity contribution in [2.45, 2.75) is 31.3 Å². The highest BCUT2D eigenvalue weighted by atomic mass is 16.5. The van der Waals surface area contributed by atoms with Gasteiger partial charge in [-0.1, -0.05) is 54.6 Å².